The predicted molar refractivity (Wildman–Crippen MR) is 78.4 cm³/mol. The minimum atomic E-state index is 0.0538. The second kappa shape index (κ2) is 7.54. The molecule has 0 aliphatic rings. The molecule has 0 saturated heterocycles. The van der Waals surface area contributed by atoms with Crippen LogP contribution in [-0.4, -0.2) is 19.0 Å². The van der Waals surface area contributed by atoms with Crippen LogP contribution in [-0.2, 0) is 11.3 Å². The van der Waals surface area contributed by atoms with Crippen molar-refractivity contribution in [1.82, 2.24) is 10.6 Å². The smallest absolute Gasteiger partial charge is 0.222 e. The highest BCUT2D eigenvalue weighted by molar-refractivity contribution is 9.10. The molecule has 4 heteroatoms. The fourth-order valence-corrected chi connectivity index (χ4v) is 1.88. The van der Waals surface area contributed by atoms with Crippen LogP contribution in [0.4, 0.5) is 0 Å². The van der Waals surface area contributed by atoms with Gasteiger partial charge in [-0.2, -0.15) is 0 Å². The van der Waals surface area contributed by atoms with Gasteiger partial charge in [0.15, 0.2) is 0 Å². The molecule has 0 aliphatic heterocycles. The van der Waals surface area contributed by atoms with E-state index in [0.717, 1.165) is 17.6 Å². The van der Waals surface area contributed by atoms with Gasteiger partial charge >= 0.3 is 0 Å². The van der Waals surface area contributed by atoms with Crippen LogP contribution in [0.5, 0.6) is 0 Å². The summed E-state index contributed by atoms with van der Waals surface area (Å²) in [6, 6.07) is 6.33. The Bertz CT molecular complexity index is 405. The molecule has 1 aromatic rings. The number of carbonyl (C=O) groups is 1. The first-order valence-corrected chi connectivity index (χ1v) is 7.03. The fourth-order valence-electron chi connectivity index (χ4n) is 1.46. The van der Waals surface area contributed by atoms with Gasteiger partial charge in [0.25, 0.3) is 0 Å². The van der Waals surface area contributed by atoms with Crippen LogP contribution in [0.2, 0.25) is 0 Å². The lowest BCUT2D eigenvalue weighted by atomic mass is 10.1. The van der Waals surface area contributed by atoms with Crippen molar-refractivity contribution < 1.29 is 4.79 Å². The maximum absolute atomic E-state index is 11.3. The molecule has 3 nitrogen and oxygen atoms in total. The van der Waals surface area contributed by atoms with Crippen LogP contribution in [0.1, 0.15) is 25.0 Å². The van der Waals surface area contributed by atoms with E-state index >= 15 is 0 Å². The first-order valence-electron chi connectivity index (χ1n) is 6.24. The van der Waals surface area contributed by atoms with Crippen molar-refractivity contribution in [2.24, 2.45) is 5.92 Å². The SMILES string of the molecule is Cc1ccc(CNCCNC(=O)C(C)C)cc1Br. The maximum atomic E-state index is 11.3. The zero-order valence-electron chi connectivity index (χ0n) is 11.2. The highest BCUT2D eigenvalue weighted by Gasteiger charge is 2.04. The zero-order chi connectivity index (χ0) is 13.5. The average molecular weight is 313 g/mol. The molecule has 100 valence electrons. The van der Waals surface area contributed by atoms with E-state index < -0.39 is 0 Å². The summed E-state index contributed by atoms with van der Waals surface area (Å²) < 4.78 is 1.13. The minimum absolute atomic E-state index is 0.0538. The lowest BCUT2D eigenvalue weighted by molar-refractivity contribution is -0.123. The molecule has 0 spiro atoms. The summed E-state index contributed by atoms with van der Waals surface area (Å²) in [5.41, 5.74) is 2.48. The lowest BCUT2D eigenvalue weighted by Crippen LogP contribution is -2.34. The molecule has 0 radical (unpaired) electrons. The van der Waals surface area contributed by atoms with Gasteiger partial charge in [-0.15, -0.1) is 0 Å². The molecule has 0 aliphatic carbocycles. The van der Waals surface area contributed by atoms with Crippen LogP contribution in [0.15, 0.2) is 22.7 Å². The van der Waals surface area contributed by atoms with Gasteiger partial charge in [0.1, 0.15) is 0 Å². The van der Waals surface area contributed by atoms with Crippen LogP contribution in [0.3, 0.4) is 0 Å². The van der Waals surface area contributed by atoms with E-state index in [9.17, 15) is 4.79 Å². The van der Waals surface area contributed by atoms with Crippen molar-refractivity contribution in [3.05, 3.63) is 33.8 Å². The second-order valence-corrected chi connectivity index (χ2v) is 5.56. The Balaban J connectivity index is 2.22. The van der Waals surface area contributed by atoms with E-state index in [0.29, 0.717) is 6.54 Å². The van der Waals surface area contributed by atoms with Crippen molar-refractivity contribution in [3.8, 4) is 0 Å². The molecule has 0 unspecified atom stereocenters. The Labute approximate surface area is 117 Å². The first kappa shape index (κ1) is 15.2. The number of rotatable bonds is 6. The van der Waals surface area contributed by atoms with E-state index in [-0.39, 0.29) is 11.8 Å². The number of halogens is 1. The monoisotopic (exact) mass is 312 g/mol. The number of hydrogen-bond donors (Lipinski definition) is 2. The number of aryl methyl sites for hydroxylation is 1. The zero-order valence-corrected chi connectivity index (χ0v) is 12.8. The standard InChI is InChI=1S/C14H21BrN2O/c1-10(2)14(18)17-7-6-16-9-12-5-4-11(3)13(15)8-12/h4-5,8,10,16H,6-7,9H2,1-3H3,(H,17,18). The van der Waals surface area contributed by atoms with E-state index in [1.165, 1.54) is 11.1 Å². The Hall–Kier alpha value is -0.870. The van der Waals surface area contributed by atoms with E-state index in [1.54, 1.807) is 0 Å². The largest absolute Gasteiger partial charge is 0.355 e. The molecule has 0 saturated carbocycles. The number of carbonyl (C=O) groups excluding carboxylic acids is 1. The van der Waals surface area contributed by atoms with Crippen molar-refractivity contribution in [2.45, 2.75) is 27.3 Å². The summed E-state index contributed by atoms with van der Waals surface area (Å²) in [4.78, 5) is 11.3. The van der Waals surface area contributed by atoms with Gasteiger partial charge in [-0.25, -0.2) is 0 Å². The van der Waals surface area contributed by atoms with E-state index in [2.05, 4.69) is 51.7 Å². The topological polar surface area (TPSA) is 41.1 Å². The van der Waals surface area contributed by atoms with E-state index in [1.807, 2.05) is 13.8 Å². The van der Waals surface area contributed by atoms with Crippen LogP contribution >= 0.6 is 15.9 Å². The summed E-state index contributed by atoms with van der Waals surface area (Å²) in [6.45, 7) is 8.13. The Morgan fingerprint density at radius 2 is 2.06 bits per heavy atom. The molecule has 0 fully saturated rings. The molecule has 0 aromatic heterocycles. The molecule has 2 N–H and O–H groups in total. The highest BCUT2D eigenvalue weighted by Crippen LogP contribution is 2.17. The molecular formula is C14H21BrN2O. The van der Waals surface area contributed by atoms with Gasteiger partial charge in [0, 0.05) is 30.0 Å². The second-order valence-electron chi connectivity index (χ2n) is 4.71. The fraction of sp³-hybridized carbons (Fsp3) is 0.500. The number of nitrogens with one attached hydrogen (secondary N) is 2. The Kier molecular flexibility index (Phi) is 6.36. The van der Waals surface area contributed by atoms with Gasteiger partial charge in [-0.05, 0) is 24.1 Å². The van der Waals surface area contributed by atoms with Gasteiger partial charge in [0.2, 0.25) is 5.91 Å². The van der Waals surface area contributed by atoms with Crippen LogP contribution < -0.4 is 10.6 Å². The van der Waals surface area contributed by atoms with Crippen molar-refractivity contribution >= 4 is 21.8 Å². The number of amides is 1. The minimum Gasteiger partial charge on any atom is -0.355 e. The average Bonchev–Trinajstić information content (AvgIpc) is 2.32. The van der Waals surface area contributed by atoms with Crippen molar-refractivity contribution in [3.63, 3.8) is 0 Å². The Morgan fingerprint density at radius 3 is 2.67 bits per heavy atom. The predicted octanol–water partition coefficient (Wildman–Crippen LogP) is 2.62. The highest BCUT2D eigenvalue weighted by atomic mass is 79.9. The molecule has 0 heterocycles. The number of benzene rings is 1. The third kappa shape index (κ3) is 5.19. The quantitative estimate of drug-likeness (QED) is 0.793. The van der Waals surface area contributed by atoms with Gasteiger partial charge in [-0.3, -0.25) is 4.79 Å². The summed E-state index contributed by atoms with van der Waals surface area (Å²) in [7, 11) is 0. The summed E-state index contributed by atoms with van der Waals surface area (Å²) in [5, 5.41) is 6.19. The number of hydrogen-bond acceptors (Lipinski definition) is 2. The summed E-state index contributed by atoms with van der Waals surface area (Å²) in [6.07, 6.45) is 0. The first-order chi connectivity index (χ1) is 8.50. The molecule has 1 aromatic carbocycles. The van der Waals surface area contributed by atoms with Gasteiger partial charge in [-0.1, -0.05) is 41.9 Å². The molecule has 1 rings (SSSR count). The molecule has 1 amide bonds. The normalized spacial score (nSPS) is 10.7. The van der Waals surface area contributed by atoms with Crippen molar-refractivity contribution in [2.75, 3.05) is 13.1 Å². The Morgan fingerprint density at radius 1 is 1.33 bits per heavy atom. The lowest BCUT2D eigenvalue weighted by Gasteiger charge is -2.09. The summed E-state index contributed by atoms with van der Waals surface area (Å²) in [5.74, 6) is 0.160. The van der Waals surface area contributed by atoms with Crippen molar-refractivity contribution in [1.29, 1.82) is 0 Å². The summed E-state index contributed by atoms with van der Waals surface area (Å²) >= 11 is 3.52. The van der Waals surface area contributed by atoms with Gasteiger partial charge in [0.05, 0.1) is 0 Å². The van der Waals surface area contributed by atoms with Crippen LogP contribution in [0.25, 0.3) is 0 Å². The molecular weight excluding hydrogens is 292 g/mol. The van der Waals surface area contributed by atoms with E-state index in [4.69, 9.17) is 0 Å². The van der Waals surface area contributed by atoms with Crippen LogP contribution in [0, 0.1) is 12.8 Å². The maximum Gasteiger partial charge on any atom is 0.222 e. The van der Waals surface area contributed by atoms with Gasteiger partial charge < -0.3 is 10.6 Å². The molecule has 18 heavy (non-hydrogen) atoms. The molecule has 0 bridgehead atoms. The third-order valence-corrected chi connectivity index (χ3v) is 3.55. The molecule has 0 atom stereocenters. The third-order valence-electron chi connectivity index (χ3n) is 2.69.